The number of hydrogen-bond donors (Lipinski definition) is 1. The average Bonchev–Trinajstić information content (AvgIpc) is 2.26. The maximum atomic E-state index is 5.05. The van der Waals surface area contributed by atoms with Crippen molar-refractivity contribution in [3.05, 3.63) is 10.7 Å². The van der Waals surface area contributed by atoms with Crippen molar-refractivity contribution in [1.29, 1.82) is 0 Å². The van der Waals surface area contributed by atoms with Crippen LogP contribution in [0.2, 0.25) is 0 Å². The number of halogens is 1. The van der Waals surface area contributed by atoms with Gasteiger partial charge < -0.3 is 14.8 Å². The molecule has 0 amide bonds. The topological polar surface area (TPSA) is 56.3 Å². The van der Waals surface area contributed by atoms with Crippen LogP contribution in [0, 0.1) is 0 Å². The van der Waals surface area contributed by atoms with Crippen LogP contribution in [-0.2, 0) is 4.74 Å². The number of aromatic nitrogens is 2. The molecule has 0 spiro atoms. The van der Waals surface area contributed by atoms with Crippen molar-refractivity contribution in [3.63, 3.8) is 0 Å². The van der Waals surface area contributed by atoms with Crippen LogP contribution in [0.1, 0.15) is 6.42 Å². The van der Waals surface area contributed by atoms with E-state index in [1.165, 1.54) is 0 Å². The van der Waals surface area contributed by atoms with Gasteiger partial charge in [0.05, 0.1) is 17.8 Å². The Morgan fingerprint density at radius 1 is 1.47 bits per heavy atom. The van der Waals surface area contributed by atoms with Crippen LogP contribution >= 0.6 is 15.9 Å². The summed E-state index contributed by atoms with van der Waals surface area (Å²) in [4.78, 5) is 8.25. The van der Waals surface area contributed by atoms with E-state index in [0.717, 1.165) is 24.0 Å². The van der Waals surface area contributed by atoms with Crippen molar-refractivity contribution in [3.8, 4) is 5.88 Å². The summed E-state index contributed by atoms with van der Waals surface area (Å²) in [6, 6.07) is 0. The van der Waals surface area contributed by atoms with E-state index in [1.807, 2.05) is 0 Å². The van der Waals surface area contributed by atoms with Gasteiger partial charge in [0.1, 0.15) is 0 Å². The first-order valence-electron chi connectivity index (χ1n) is 4.57. The zero-order valence-corrected chi connectivity index (χ0v) is 10.4. The van der Waals surface area contributed by atoms with Crippen molar-refractivity contribution in [1.82, 2.24) is 9.97 Å². The molecule has 0 aliphatic rings. The van der Waals surface area contributed by atoms with Crippen LogP contribution in [-0.4, -0.2) is 37.3 Å². The van der Waals surface area contributed by atoms with Gasteiger partial charge >= 0.3 is 0 Å². The van der Waals surface area contributed by atoms with E-state index in [2.05, 4.69) is 31.2 Å². The zero-order chi connectivity index (χ0) is 11.1. The van der Waals surface area contributed by atoms with E-state index in [0.29, 0.717) is 11.8 Å². The average molecular weight is 276 g/mol. The largest absolute Gasteiger partial charge is 0.480 e. The van der Waals surface area contributed by atoms with Gasteiger partial charge in [0, 0.05) is 20.3 Å². The summed E-state index contributed by atoms with van der Waals surface area (Å²) in [5, 5.41) is 3.08. The Balaban J connectivity index is 2.47. The standard InChI is InChI=1S/C9H14BrN3O2/c1-14-5-3-4-11-9-12-6-7(10)8(13-9)15-2/h6H,3-5H2,1-2H3,(H,11,12,13). The second kappa shape index (κ2) is 6.58. The van der Waals surface area contributed by atoms with E-state index in [9.17, 15) is 0 Å². The van der Waals surface area contributed by atoms with Crippen molar-refractivity contribution >= 4 is 21.9 Å². The van der Waals surface area contributed by atoms with Crippen molar-refractivity contribution < 1.29 is 9.47 Å². The molecule has 1 aromatic heterocycles. The molecular weight excluding hydrogens is 262 g/mol. The molecule has 0 atom stereocenters. The number of nitrogens with one attached hydrogen (secondary N) is 1. The van der Waals surface area contributed by atoms with Crippen LogP contribution in [0.4, 0.5) is 5.95 Å². The quantitative estimate of drug-likeness (QED) is 0.801. The number of hydrogen-bond acceptors (Lipinski definition) is 5. The summed E-state index contributed by atoms with van der Waals surface area (Å²) < 4.78 is 10.7. The molecular formula is C9H14BrN3O2. The van der Waals surface area contributed by atoms with Gasteiger partial charge in [-0.15, -0.1) is 0 Å². The zero-order valence-electron chi connectivity index (χ0n) is 8.79. The van der Waals surface area contributed by atoms with Crippen LogP contribution in [0.15, 0.2) is 10.7 Å². The molecule has 0 unspecified atom stereocenters. The van der Waals surface area contributed by atoms with Gasteiger partial charge in [-0.1, -0.05) is 0 Å². The van der Waals surface area contributed by atoms with E-state index in [4.69, 9.17) is 9.47 Å². The van der Waals surface area contributed by atoms with Gasteiger partial charge in [-0.3, -0.25) is 0 Å². The Morgan fingerprint density at radius 2 is 2.27 bits per heavy atom. The first-order valence-corrected chi connectivity index (χ1v) is 5.36. The van der Waals surface area contributed by atoms with Crippen molar-refractivity contribution in [2.75, 3.05) is 32.7 Å². The lowest BCUT2D eigenvalue weighted by Gasteiger charge is -2.06. The number of ether oxygens (including phenoxy) is 2. The first kappa shape index (κ1) is 12.2. The van der Waals surface area contributed by atoms with Gasteiger partial charge in [-0.25, -0.2) is 4.98 Å². The molecule has 1 aromatic rings. The summed E-state index contributed by atoms with van der Waals surface area (Å²) in [5.74, 6) is 1.09. The molecule has 1 heterocycles. The van der Waals surface area contributed by atoms with Crippen LogP contribution < -0.4 is 10.1 Å². The van der Waals surface area contributed by atoms with Gasteiger partial charge in [0.2, 0.25) is 11.8 Å². The summed E-state index contributed by atoms with van der Waals surface area (Å²) >= 11 is 3.29. The summed E-state index contributed by atoms with van der Waals surface area (Å²) in [6.07, 6.45) is 2.57. The molecule has 84 valence electrons. The predicted octanol–water partition coefficient (Wildman–Crippen LogP) is 1.70. The maximum absolute atomic E-state index is 5.05. The number of methoxy groups -OCH3 is 2. The SMILES string of the molecule is COCCCNc1ncc(Br)c(OC)n1. The van der Waals surface area contributed by atoms with Crippen LogP contribution in [0.25, 0.3) is 0 Å². The third-order valence-corrected chi connectivity index (χ3v) is 2.26. The molecule has 0 saturated carbocycles. The van der Waals surface area contributed by atoms with E-state index in [-0.39, 0.29) is 0 Å². The smallest absolute Gasteiger partial charge is 0.232 e. The lowest BCUT2D eigenvalue weighted by atomic mass is 10.4. The highest BCUT2D eigenvalue weighted by atomic mass is 79.9. The first-order chi connectivity index (χ1) is 7.27. The summed E-state index contributed by atoms with van der Waals surface area (Å²) in [5.41, 5.74) is 0. The fourth-order valence-corrected chi connectivity index (χ4v) is 1.35. The molecule has 1 rings (SSSR count). The Labute approximate surface area is 97.3 Å². The van der Waals surface area contributed by atoms with Gasteiger partial charge in [0.15, 0.2) is 0 Å². The monoisotopic (exact) mass is 275 g/mol. The van der Waals surface area contributed by atoms with Crippen molar-refractivity contribution in [2.45, 2.75) is 6.42 Å². The second-order valence-corrected chi connectivity index (χ2v) is 3.68. The Kier molecular flexibility index (Phi) is 5.34. The molecule has 0 radical (unpaired) electrons. The minimum absolute atomic E-state index is 0.527. The fraction of sp³-hybridized carbons (Fsp3) is 0.556. The second-order valence-electron chi connectivity index (χ2n) is 2.82. The van der Waals surface area contributed by atoms with Crippen LogP contribution in [0.5, 0.6) is 5.88 Å². The molecule has 15 heavy (non-hydrogen) atoms. The van der Waals surface area contributed by atoms with E-state index in [1.54, 1.807) is 20.4 Å². The normalized spacial score (nSPS) is 10.1. The Hall–Kier alpha value is -0.880. The minimum atomic E-state index is 0.527. The molecule has 5 nitrogen and oxygen atoms in total. The molecule has 0 aliphatic carbocycles. The Morgan fingerprint density at radius 3 is 2.93 bits per heavy atom. The molecule has 0 aliphatic heterocycles. The highest BCUT2D eigenvalue weighted by molar-refractivity contribution is 9.10. The third kappa shape index (κ3) is 4.01. The molecule has 0 aromatic carbocycles. The summed E-state index contributed by atoms with van der Waals surface area (Å²) in [6.45, 7) is 1.50. The molecule has 0 saturated heterocycles. The Bertz CT molecular complexity index is 309. The minimum Gasteiger partial charge on any atom is -0.480 e. The van der Waals surface area contributed by atoms with E-state index >= 15 is 0 Å². The van der Waals surface area contributed by atoms with Gasteiger partial charge in [-0.05, 0) is 22.4 Å². The molecule has 1 N–H and O–H groups in total. The maximum Gasteiger partial charge on any atom is 0.232 e. The van der Waals surface area contributed by atoms with Crippen molar-refractivity contribution in [2.24, 2.45) is 0 Å². The van der Waals surface area contributed by atoms with E-state index < -0.39 is 0 Å². The van der Waals surface area contributed by atoms with Gasteiger partial charge in [0.25, 0.3) is 0 Å². The van der Waals surface area contributed by atoms with Gasteiger partial charge in [-0.2, -0.15) is 4.98 Å². The highest BCUT2D eigenvalue weighted by Gasteiger charge is 2.03. The lowest BCUT2D eigenvalue weighted by Crippen LogP contribution is -2.08. The number of rotatable bonds is 6. The predicted molar refractivity (Wildman–Crippen MR) is 61.3 cm³/mol. The lowest BCUT2D eigenvalue weighted by molar-refractivity contribution is 0.197. The van der Waals surface area contributed by atoms with Crippen LogP contribution in [0.3, 0.4) is 0 Å². The number of nitrogens with zero attached hydrogens (tertiary/aromatic N) is 2. The highest BCUT2D eigenvalue weighted by Crippen LogP contribution is 2.21. The number of anilines is 1. The molecule has 0 bridgehead atoms. The fourth-order valence-electron chi connectivity index (χ4n) is 0.997. The third-order valence-electron chi connectivity index (χ3n) is 1.71. The summed E-state index contributed by atoms with van der Waals surface area (Å²) in [7, 11) is 3.25. The molecule has 0 fully saturated rings. The molecule has 6 heteroatoms.